The summed E-state index contributed by atoms with van der Waals surface area (Å²) in [6.07, 6.45) is 0.415. The molecule has 4 heteroatoms. The van der Waals surface area contributed by atoms with E-state index in [0.717, 1.165) is 0 Å². The molecule has 0 N–H and O–H groups in total. The summed E-state index contributed by atoms with van der Waals surface area (Å²) in [5.41, 5.74) is 0. The summed E-state index contributed by atoms with van der Waals surface area (Å²) in [4.78, 5) is 0. The van der Waals surface area contributed by atoms with E-state index in [4.69, 9.17) is 17.3 Å². The summed E-state index contributed by atoms with van der Waals surface area (Å²) in [7, 11) is 5.40. The van der Waals surface area contributed by atoms with E-state index in [9.17, 15) is 0 Å². The molecule has 0 aromatic rings. The van der Waals surface area contributed by atoms with Crippen molar-refractivity contribution in [3.8, 4) is 0 Å². The van der Waals surface area contributed by atoms with Crippen LogP contribution in [0.2, 0.25) is 6.32 Å². The molecule has 1 heterocycles. The van der Waals surface area contributed by atoms with Crippen LogP contribution in [0.1, 0.15) is 0 Å². The molecule has 1 aliphatic heterocycles. The smallest absolute Gasteiger partial charge is 0.170 e. The molecule has 0 spiro atoms. The molecule has 0 amide bonds. The zero-order valence-corrected chi connectivity index (χ0v) is 6.69. The zero-order valence-electron chi connectivity index (χ0n) is 5.10. The van der Waals surface area contributed by atoms with Crippen LogP contribution in [0.5, 0.6) is 0 Å². The first-order valence-electron chi connectivity index (χ1n) is 2.87. The van der Waals surface area contributed by atoms with Crippen LogP contribution in [0.3, 0.4) is 0 Å². The topological polar surface area (TPSA) is 18.5 Å². The summed E-state index contributed by atoms with van der Waals surface area (Å²) >= 11 is 3.26. The standard InChI is InChI=1S/C5H8BBrO2/c6-3-5(4-7)8-1-2-9-5/h1-4H2. The Bertz CT molecular complexity index is 87.0. The Hall–Kier alpha value is 0.465. The fourth-order valence-corrected chi connectivity index (χ4v) is 1.30. The van der Waals surface area contributed by atoms with E-state index in [1.165, 1.54) is 0 Å². The normalized spacial score (nSPS) is 24.6. The van der Waals surface area contributed by atoms with Gasteiger partial charge in [-0.2, -0.15) is 0 Å². The fourth-order valence-electron chi connectivity index (χ4n) is 0.747. The quantitative estimate of drug-likeness (QED) is 0.472. The van der Waals surface area contributed by atoms with Crippen LogP contribution in [0.25, 0.3) is 0 Å². The van der Waals surface area contributed by atoms with E-state index in [1.807, 2.05) is 0 Å². The zero-order chi connectivity index (χ0) is 6.74. The second kappa shape index (κ2) is 3.04. The average Bonchev–Trinajstić information content (AvgIpc) is 2.36. The molecule has 2 nitrogen and oxygen atoms in total. The lowest BCUT2D eigenvalue weighted by Gasteiger charge is -2.22. The van der Waals surface area contributed by atoms with Crippen LogP contribution in [0, 0.1) is 0 Å². The van der Waals surface area contributed by atoms with E-state index in [2.05, 4.69) is 15.9 Å². The van der Waals surface area contributed by atoms with Crippen LogP contribution in [-0.2, 0) is 9.47 Å². The van der Waals surface area contributed by atoms with Crippen molar-refractivity contribution in [2.24, 2.45) is 0 Å². The van der Waals surface area contributed by atoms with Gasteiger partial charge in [-0.1, -0.05) is 15.9 Å². The third-order valence-corrected chi connectivity index (χ3v) is 2.18. The molecule has 0 saturated carbocycles. The lowest BCUT2D eigenvalue weighted by Crippen LogP contribution is -2.31. The first kappa shape index (κ1) is 7.57. The molecule has 0 atom stereocenters. The number of halogens is 1. The van der Waals surface area contributed by atoms with E-state index in [0.29, 0.717) is 24.9 Å². The van der Waals surface area contributed by atoms with Gasteiger partial charge in [0.2, 0.25) is 0 Å². The Kier molecular flexibility index (Phi) is 2.55. The van der Waals surface area contributed by atoms with E-state index < -0.39 is 5.79 Å². The van der Waals surface area contributed by atoms with Crippen molar-refractivity contribution in [1.82, 2.24) is 0 Å². The van der Waals surface area contributed by atoms with Gasteiger partial charge in [0.05, 0.1) is 26.4 Å². The van der Waals surface area contributed by atoms with Crippen molar-refractivity contribution in [1.29, 1.82) is 0 Å². The fraction of sp³-hybridized carbons (Fsp3) is 1.00. The van der Waals surface area contributed by atoms with Gasteiger partial charge in [0.15, 0.2) is 5.79 Å². The second-order valence-corrected chi connectivity index (χ2v) is 2.51. The average molecular weight is 191 g/mol. The number of hydrogen-bond acceptors (Lipinski definition) is 2. The molecule has 0 aromatic heterocycles. The monoisotopic (exact) mass is 190 g/mol. The molecular weight excluding hydrogens is 183 g/mol. The first-order chi connectivity index (χ1) is 4.33. The lowest BCUT2D eigenvalue weighted by atomic mass is 9.98. The predicted molar refractivity (Wildman–Crippen MR) is 39.0 cm³/mol. The molecule has 1 aliphatic rings. The van der Waals surface area contributed by atoms with Crippen molar-refractivity contribution in [3.05, 3.63) is 0 Å². The summed E-state index contributed by atoms with van der Waals surface area (Å²) in [5.74, 6) is -0.528. The highest BCUT2D eigenvalue weighted by molar-refractivity contribution is 9.09. The molecule has 1 saturated heterocycles. The molecule has 0 aliphatic carbocycles. The Morgan fingerprint density at radius 2 is 2.00 bits per heavy atom. The molecular formula is C5H8BBrO2. The van der Waals surface area contributed by atoms with Crippen molar-refractivity contribution >= 4 is 23.8 Å². The third kappa shape index (κ3) is 1.48. The van der Waals surface area contributed by atoms with Gasteiger partial charge in [0.1, 0.15) is 0 Å². The van der Waals surface area contributed by atoms with Crippen molar-refractivity contribution in [2.75, 3.05) is 18.5 Å². The van der Waals surface area contributed by atoms with Crippen LogP contribution in [-0.4, -0.2) is 32.2 Å². The number of rotatable bonds is 2. The molecule has 9 heavy (non-hydrogen) atoms. The number of ether oxygens (including phenoxy) is 2. The summed E-state index contributed by atoms with van der Waals surface area (Å²) in [5, 5.41) is 0.649. The Morgan fingerprint density at radius 3 is 2.22 bits per heavy atom. The number of hydrogen-bond donors (Lipinski definition) is 0. The van der Waals surface area contributed by atoms with Gasteiger partial charge in [-0.25, -0.2) is 0 Å². The predicted octanol–water partition coefficient (Wildman–Crippen LogP) is 0.711. The SMILES string of the molecule is [B]CC1(CBr)OCCO1. The Morgan fingerprint density at radius 1 is 1.44 bits per heavy atom. The Labute approximate surface area is 64.4 Å². The van der Waals surface area contributed by atoms with Crippen LogP contribution in [0.4, 0.5) is 0 Å². The number of alkyl halides is 1. The van der Waals surface area contributed by atoms with Gasteiger partial charge in [-0.3, -0.25) is 0 Å². The van der Waals surface area contributed by atoms with Gasteiger partial charge in [-0.05, 0) is 6.32 Å². The van der Waals surface area contributed by atoms with Gasteiger partial charge < -0.3 is 9.47 Å². The van der Waals surface area contributed by atoms with Crippen LogP contribution < -0.4 is 0 Å². The van der Waals surface area contributed by atoms with E-state index in [-0.39, 0.29) is 0 Å². The van der Waals surface area contributed by atoms with Crippen molar-refractivity contribution in [3.63, 3.8) is 0 Å². The van der Waals surface area contributed by atoms with Gasteiger partial charge in [0.25, 0.3) is 0 Å². The summed E-state index contributed by atoms with van der Waals surface area (Å²) in [6.45, 7) is 1.31. The molecule has 2 radical (unpaired) electrons. The van der Waals surface area contributed by atoms with E-state index >= 15 is 0 Å². The van der Waals surface area contributed by atoms with E-state index in [1.54, 1.807) is 0 Å². The maximum atomic E-state index is 5.40. The Balaban J connectivity index is 2.45. The van der Waals surface area contributed by atoms with Crippen molar-refractivity contribution < 1.29 is 9.47 Å². The molecule has 1 fully saturated rings. The first-order valence-corrected chi connectivity index (χ1v) is 3.99. The van der Waals surface area contributed by atoms with Gasteiger partial charge >= 0.3 is 0 Å². The highest BCUT2D eigenvalue weighted by Gasteiger charge is 2.32. The van der Waals surface area contributed by atoms with Gasteiger partial charge in [0, 0.05) is 0 Å². The van der Waals surface area contributed by atoms with Crippen LogP contribution in [0.15, 0.2) is 0 Å². The third-order valence-electron chi connectivity index (χ3n) is 1.33. The lowest BCUT2D eigenvalue weighted by molar-refractivity contribution is -0.119. The summed E-state index contributed by atoms with van der Waals surface area (Å²) in [6, 6.07) is 0. The highest BCUT2D eigenvalue weighted by atomic mass is 79.9. The molecule has 0 unspecified atom stereocenters. The maximum absolute atomic E-state index is 5.40. The molecule has 0 bridgehead atoms. The minimum atomic E-state index is -0.528. The molecule has 50 valence electrons. The van der Waals surface area contributed by atoms with Crippen molar-refractivity contribution in [2.45, 2.75) is 12.1 Å². The second-order valence-electron chi connectivity index (χ2n) is 1.95. The van der Waals surface area contributed by atoms with Gasteiger partial charge in [-0.15, -0.1) is 0 Å². The molecule has 0 aromatic carbocycles. The highest BCUT2D eigenvalue weighted by Crippen LogP contribution is 2.24. The molecule has 1 rings (SSSR count). The summed E-state index contributed by atoms with van der Waals surface area (Å²) < 4.78 is 10.5. The largest absolute Gasteiger partial charge is 0.347 e. The minimum absolute atomic E-state index is 0.415. The maximum Gasteiger partial charge on any atom is 0.170 e. The van der Waals surface area contributed by atoms with Crippen LogP contribution >= 0.6 is 15.9 Å². The minimum Gasteiger partial charge on any atom is -0.347 e.